The summed E-state index contributed by atoms with van der Waals surface area (Å²) < 4.78 is 34.9. The van der Waals surface area contributed by atoms with Gasteiger partial charge in [-0.05, 0) is 32.0 Å². The van der Waals surface area contributed by atoms with Crippen LogP contribution >= 0.6 is 0 Å². The summed E-state index contributed by atoms with van der Waals surface area (Å²) in [5.41, 5.74) is 5.70. The third-order valence-corrected chi connectivity index (χ3v) is 5.09. The molecule has 0 bridgehead atoms. The molecule has 0 aliphatic rings. The van der Waals surface area contributed by atoms with Gasteiger partial charge in [0.2, 0.25) is 0 Å². The molecule has 1 aromatic rings. The standard InChI is InChI=1S/C12H17FN2O3S/c1-12(2,19(3,17)18)7-15-11(16)9-6-8(13)4-5-10(9)14/h4-6H,7,14H2,1-3H3,(H,15,16). The lowest BCUT2D eigenvalue weighted by atomic mass is 10.1. The Labute approximate surface area is 111 Å². The van der Waals surface area contributed by atoms with Crippen molar-refractivity contribution in [2.24, 2.45) is 0 Å². The van der Waals surface area contributed by atoms with Gasteiger partial charge in [0.05, 0.1) is 10.3 Å². The van der Waals surface area contributed by atoms with Gasteiger partial charge in [-0.1, -0.05) is 0 Å². The second kappa shape index (κ2) is 5.16. The molecular formula is C12H17FN2O3S. The Morgan fingerprint density at radius 3 is 2.53 bits per heavy atom. The highest BCUT2D eigenvalue weighted by Gasteiger charge is 2.30. The van der Waals surface area contributed by atoms with E-state index in [9.17, 15) is 17.6 Å². The summed E-state index contributed by atoms with van der Waals surface area (Å²) in [5, 5.41) is 2.45. The SMILES string of the molecule is CC(C)(CNC(=O)c1cc(F)ccc1N)S(C)(=O)=O. The van der Waals surface area contributed by atoms with Crippen molar-refractivity contribution in [2.75, 3.05) is 18.5 Å². The summed E-state index contributed by atoms with van der Waals surface area (Å²) in [7, 11) is -3.32. The fraction of sp³-hybridized carbons (Fsp3) is 0.417. The van der Waals surface area contributed by atoms with Crippen LogP contribution in [0, 0.1) is 5.82 Å². The molecule has 0 aliphatic heterocycles. The Balaban J connectivity index is 2.85. The lowest BCUT2D eigenvalue weighted by Crippen LogP contribution is -2.43. The molecule has 0 saturated carbocycles. The van der Waals surface area contributed by atoms with Crippen LogP contribution in [0.1, 0.15) is 24.2 Å². The lowest BCUT2D eigenvalue weighted by molar-refractivity contribution is 0.0951. The Morgan fingerprint density at radius 2 is 2.00 bits per heavy atom. The van der Waals surface area contributed by atoms with Gasteiger partial charge < -0.3 is 11.1 Å². The molecule has 1 amide bonds. The monoisotopic (exact) mass is 288 g/mol. The maximum Gasteiger partial charge on any atom is 0.253 e. The Kier molecular flexibility index (Phi) is 4.19. The number of hydrogen-bond acceptors (Lipinski definition) is 4. The van der Waals surface area contributed by atoms with Crippen molar-refractivity contribution in [3.63, 3.8) is 0 Å². The maximum absolute atomic E-state index is 13.0. The van der Waals surface area contributed by atoms with Crippen LogP contribution in [0.2, 0.25) is 0 Å². The van der Waals surface area contributed by atoms with E-state index in [0.29, 0.717) is 0 Å². The van der Waals surface area contributed by atoms with Gasteiger partial charge in [-0.25, -0.2) is 12.8 Å². The van der Waals surface area contributed by atoms with E-state index in [1.807, 2.05) is 0 Å². The first-order valence-corrected chi connectivity index (χ1v) is 7.46. The molecule has 0 spiro atoms. The molecule has 1 aromatic carbocycles. The molecule has 1 rings (SSSR count). The van der Waals surface area contributed by atoms with Gasteiger partial charge in [0.25, 0.3) is 5.91 Å². The quantitative estimate of drug-likeness (QED) is 0.808. The zero-order valence-electron chi connectivity index (χ0n) is 11.0. The minimum atomic E-state index is -3.32. The number of carbonyl (C=O) groups is 1. The predicted octanol–water partition coefficient (Wildman–Crippen LogP) is 0.961. The van der Waals surface area contributed by atoms with Crippen molar-refractivity contribution < 1.29 is 17.6 Å². The number of halogens is 1. The van der Waals surface area contributed by atoms with Crippen LogP contribution in [-0.4, -0.2) is 31.9 Å². The highest BCUT2D eigenvalue weighted by molar-refractivity contribution is 7.92. The highest BCUT2D eigenvalue weighted by Crippen LogP contribution is 2.16. The van der Waals surface area contributed by atoms with E-state index < -0.39 is 26.3 Å². The first kappa shape index (κ1) is 15.4. The van der Waals surface area contributed by atoms with Crippen molar-refractivity contribution in [2.45, 2.75) is 18.6 Å². The van der Waals surface area contributed by atoms with E-state index in [1.165, 1.54) is 19.9 Å². The van der Waals surface area contributed by atoms with Crippen molar-refractivity contribution >= 4 is 21.4 Å². The smallest absolute Gasteiger partial charge is 0.253 e. The van der Waals surface area contributed by atoms with Crippen molar-refractivity contribution in [1.29, 1.82) is 0 Å². The third-order valence-electron chi connectivity index (χ3n) is 2.94. The average molecular weight is 288 g/mol. The van der Waals surface area contributed by atoms with Gasteiger partial charge in [0.1, 0.15) is 5.82 Å². The van der Waals surface area contributed by atoms with E-state index >= 15 is 0 Å². The molecule has 0 radical (unpaired) electrons. The van der Waals surface area contributed by atoms with Crippen molar-refractivity contribution in [3.05, 3.63) is 29.6 Å². The zero-order valence-corrected chi connectivity index (χ0v) is 11.8. The molecule has 0 aromatic heterocycles. The van der Waals surface area contributed by atoms with E-state index in [-0.39, 0.29) is 17.8 Å². The van der Waals surface area contributed by atoms with E-state index in [4.69, 9.17) is 5.73 Å². The topological polar surface area (TPSA) is 89.3 Å². The molecule has 19 heavy (non-hydrogen) atoms. The molecular weight excluding hydrogens is 271 g/mol. The number of anilines is 1. The summed E-state index contributed by atoms with van der Waals surface area (Å²) in [4.78, 5) is 11.8. The molecule has 106 valence electrons. The van der Waals surface area contributed by atoms with Gasteiger partial charge in [-0.3, -0.25) is 4.79 Å². The second-order valence-electron chi connectivity index (χ2n) is 4.95. The van der Waals surface area contributed by atoms with Gasteiger partial charge in [0.15, 0.2) is 9.84 Å². The number of hydrogen-bond donors (Lipinski definition) is 2. The van der Waals surface area contributed by atoms with Gasteiger partial charge in [-0.2, -0.15) is 0 Å². The number of amides is 1. The van der Waals surface area contributed by atoms with Crippen LogP contribution in [-0.2, 0) is 9.84 Å². The molecule has 0 fully saturated rings. The van der Waals surface area contributed by atoms with Crippen molar-refractivity contribution in [3.8, 4) is 0 Å². The van der Waals surface area contributed by atoms with E-state index in [2.05, 4.69) is 5.32 Å². The Morgan fingerprint density at radius 1 is 1.42 bits per heavy atom. The molecule has 3 N–H and O–H groups in total. The van der Waals surface area contributed by atoms with Crippen LogP contribution in [0.25, 0.3) is 0 Å². The molecule has 0 atom stereocenters. The normalized spacial score (nSPS) is 12.2. The minimum absolute atomic E-state index is 0.00991. The van der Waals surface area contributed by atoms with Gasteiger partial charge in [-0.15, -0.1) is 0 Å². The fourth-order valence-electron chi connectivity index (χ4n) is 1.24. The number of benzene rings is 1. The van der Waals surface area contributed by atoms with Gasteiger partial charge >= 0.3 is 0 Å². The second-order valence-corrected chi connectivity index (χ2v) is 7.60. The summed E-state index contributed by atoms with van der Waals surface area (Å²) in [5.74, 6) is -1.18. The number of sulfone groups is 1. The number of rotatable bonds is 4. The van der Waals surface area contributed by atoms with E-state index in [0.717, 1.165) is 18.4 Å². The number of nitrogens with one attached hydrogen (secondary N) is 1. The van der Waals surface area contributed by atoms with Gasteiger partial charge in [0, 0.05) is 18.5 Å². The number of nitrogens with two attached hydrogens (primary N) is 1. The number of nitrogen functional groups attached to an aromatic ring is 1. The summed E-state index contributed by atoms with van der Waals surface area (Å²) >= 11 is 0. The maximum atomic E-state index is 13.0. The molecule has 5 nitrogen and oxygen atoms in total. The largest absolute Gasteiger partial charge is 0.398 e. The molecule has 0 unspecified atom stereocenters. The molecule has 0 heterocycles. The fourth-order valence-corrected chi connectivity index (χ4v) is 1.58. The molecule has 0 aliphatic carbocycles. The predicted molar refractivity (Wildman–Crippen MR) is 72.1 cm³/mol. The lowest BCUT2D eigenvalue weighted by Gasteiger charge is -2.22. The Bertz CT molecular complexity index is 597. The van der Waals surface area contributed by atoms with Crippen LogP contribution in [0.5, 0.6) is 0 Å². The Hall–Kier alpha value is -1.63. The summed E-state index contributed by atoms with van der Waals surface area (Å²) in [6, 6.07) is 3.44. The minimum Gasteiger partial charge on any atom is -0.398 e. The molecule has 0 saturated heterocycles. The first-order chi connectivity index (χ1) is 8.54. The zero-order chi connectivity index (χ0) is 14.8. The summed E-state index contributed by atoms with van der Waals surface area (Å²) in [6.07, 6.45) is 1.09. The van der Waals surface area contributed by atoms with E-state index in [1.54, 1.807) is 0 Å². The first-order valence-electron chi connectivity index (χ1n) is 5.57. The van der Waals surface area contributed by atoms with Crippen LogP contribution in [0.4, 0.5) is 10.1 Å². The number of carbonyl (C=O) groups excluding carboxylic acids is 1. The molecule has 7 heteroatoms. The van der Waals surface area contributed by atoms with Crippen LogP contribution in [0.15, 0.2) is 18.2 Å². The summed E-state index contributed by atoms with van der Waals surface area (Å²) in [6.45, 7) is 2.91. The highest BCUT2D eigenvalue weighted by atomic mass is 32.2. The van der Waals surface area contributed by atoms with Crippen molar-refractivity contribution in [1.82, 2.24) is 5.32 Å². The van der Waals surface area contributed by atoms with Crippen LogP contribution < -0.4 is 11.1 Å². The average Bonchev–Trinajstić information content (AvgIpc) is 2.28. The third kappa shape index (κ3) is 3.66. The van der Waals surface area contributed by atoms with Crippen LogP contribution in [0.3, 0.4) is 0 Å².